The summed E-state index contributed by atoms with van der Waals surface area (Å²) in [7, 11) is 4.25. The second-order valence-electron chi connectivity index (χ2n) is 8.31. The number of aromatic nitrogens is 1. The monoisotopic (exact) mass is 397 g/mol. The van der Waals surface area contributed by atoms with Crippen LogP contribution in [0.15, 0.2) is 29.3 Å². The summed E-state index contributed by atoms with van der Waals surface area (Å²) in [6.07, 6.45) is 7.43. The predicted molar refractivity (Wildman–Crippen MR) is 119 cm³/mol. The molecular weight excluding hydrogens is 366 g/mol. The first-order valence-corrected chi connectivity index (χ1v) is 11.3. The number of benzene rings is 2. The van der Waals surface area contributed by atoms with Crippen LogP contribution >= 0.6 is 11.3 Å². The third-order valence-corrected chi connectivity index (χ3v) is 7.11. The van der Waals surface area contributed by atoms with Gasteiger partial charge in [0, 0.05) is 22.9 Å². The molecule has 1 N–H and O–H groups in total. The van der Waals surface area contributed by atoms with Crippen molar-refractivity contribution < 1.29 is 5.11 Å². The standard InChI is InChI=1S/C23H31N3OS/c1-16-21(27)19-13-8-7-12-18(19)20-22(16)28-23(24-17-10-5-4-6-11-17)26(20)15-9-14-25(2)3/h7-8,12-13,17,27H,4-6,9-11,14-15H2,1-3H3/b24-23+. The fraction of sp³-hybridized carbons (Fsp3) is 0.522. The van der Waals surface area contributed by atoms with Crippen molar-refractivity contribution in [2.75, 3.05) is 20.6 Å². The lowest BCUT2D eigenvalue weighted by Gasteiger charge is -2.17. The molecule has 4 nitrogen and oxygen atoms in total. The Morgan fingerprint density at radius 2 is 1.86 bits per heavy atom. The van der Waals surface area contributed by atoms with E-state index in [2.05, 4.69) is 35.7 Å². The molecule has 1 aromatic heterocycles. The van der Waals surface area contributed by atoms with Crippen LogP contribution in [0.5, 0.6) is 5.75 Å². The number of nitrogens with zero attached hydrogens (tertiary/aromatic N) is 3. The summed E-state index contributed by atoms with van der Waals surface area (Å²) in [5.74, 6) is 0.411. The third-order valence-electron chi connectivity index (χ3n) is 5.90. The lowest BCUT2D eigenvalue weighted by atomic mass is 9.96. The summed E-state index contributed by atoms with van der Waals surface area (Å²) in [6.45, 7) is 4.05. The molecule has 2 aromatic carbocycles. The van der Waals surface area contributed by atoms with E-state index in [4.69, 9.17) is 4.99 Å². The van der Waals surface area contributed by atoms with Gasteiger partial charge in [-0.25, -0.2) is 0 Å². The van der Waals surface area contributed by atoms with Gasteiger partial charge in [-0.15, -0.1) is 0 Å². The maximum Gasteiger partial charge on any atom is 0.186 e. The Bertz CT molecular complexity index is 1040. The van der Waals surface area contributed by atoms with Crippen molar-refractivity contribution in [2.24, 2.45) is 4.99 Å². The van der Waals surface area contributed by atoms with E-state index < -0.39 is 0 Å². The lowest BCUT2D eigenvalue weighted by Crippen LogP contribution is -2.22. The maximum absolute atomic E-state index is 10.8. The number of hydrogen-bond acceptors (Lipinski definition) is 4. The number of rotatable bonds is 5. The Morgan fingerprint density at radius 3 is 2.57 bits per heavy atom. The van der Waals surface area contributed by atoms with Gasteiger partial charge in [0.25, 0.3) is 0 Å². The zero-order valence-corrected chi connectivity index (χ0v) is 18.1. The van der Waals surface area contributed by atoms with Crippen molar-refractivity contribution in [2.45, 2.75) is 58.0 Å². The molecule has 0 spiro atoms. The van der Waals surface area contributed by atoms with E-state index in [0.717, 1.165) is 40.6 Å². The molecule has 0 atom stereocenters. The van der Waals surface area contributed by atoms with Gasteiger partial charge in [0.15, 0.2) is 4.80 Å². The molecule has 28 heavy (non-hydrogen) atoms. The van der Waals surface area contributed by atoms with Crippen LogP contribution in [0, 0.1) is 6.92 Å². The Balaban J connectivity index is 1.93. The second-order valence-corrected chi connectivity index (χ2v) is 9.29. The first kappa shape index (κ1) is 19.5. The number of thiazole rings is 1. The van der Waals surface area contributed by atoms with E-state index in [9.17, 15) is 5.11 Å². The molecule has 1 heterocycles. The first-order valence-electron chi connectivity index (χ1n) is 10.5. The van der Waals surface area contributed by atoms with Gasteiger partial charge in [-0.1, -0.05) is 54.9 Å². The average Bonchev–Trinajstić information content (AvgIpc) is 3.05. The number of fused-ring (bicyclic) bond motifs is 3. The first-order chi connectivity index (χ1) is 13.6. The van der Waals surface area contributed by atoms with Crippen molar-refractivity contribution >= 4 is 32.3 Å². The zero-order valence-electron chi connectivity index (χ0n) is 17.2. The van der Waals surface area contributed by atoms with Crippen LogP contribution in [0.25, 0.3) is 21.0 Å². The fourth-order valence-corrected chi connectivity index (χ4v) is 5.60. The summed E-state index contributed by atoms with van der Waals surface area (Å²) in [6, 6.07) is 8.68. The molecule has 0 aliphatic heterocycles. The van der Waals surface area contributed by atoms with Gasteiger partial charge in [0.05, 0.1) is 16.3 Å². The molecule has 5 heteroatoms. The summed E-state index contributed by atoms with van der Waals surface area (Å²) >= 11 is 1.75. The highest BCUT2D eigenvalue weighted by atomic mass is 32.1. The van der Waals surface area contributed by atoms with Crippen molar-refractivity contribution in [3.8, 4) is 5.75 Å². The number of hydrogen-bond donors (Lipinski definition) is 1. The van der Waals surface area contributed by atoms with Gasteiger partial charge in [0.2, 0.25) is 0 Å². The summed E-state index contributed by atoms with van der Waals surface area (Å²) in [4.78, 5) is 8.58. The molecule has 0 bridgehead atoms. The fourth-order valence-electron chi connectivity index (χ4n) is 4.36. The van der Waals surface area contributed by atoms with Crippen molar-refractivity contribution in [3.05, 3.63) is 34.6 Å². The minimum atomic E-state index is 0.411. The average molecular weight is 398 g/mol. The number of phenols is 1. The highest BCUT2D eigenvalue weighted by molar-refractivity contribution is 7.16. The van der Waals surface area contributed by atoms with E-state index in [1.807, 2.05) is 19.1 Å². The van der Waals surface area contributed by atoms with E-state index >= 15 is 0 Å². The van der Waals surface area contributed by atoms with Crippen LogP contribution in [0.2, 0.25) is 0 Å². The molecule has 4 rings (SSSR count). The Morgan fingerprint density at radius 1 is 1.14 bits per heavy atom. The van der Waals surface area contributed by atoms with Crippen LogP contribution in [0.1, 0.15) is 44.1 Å². The molecule has 0 radical (unpaired) electrons. The molecule has 1 aliphatic rings. The van der Waals surface area contributed by atoms with Crippen LogP contribution in [-0.4, -0.2) is 41.3 Å². The molecular formula is C23H31N3OS. The Kier molecular flexibility index (Phi) is 5.74. The normalized spacial score (nSPS) is 16.6. The Labute approximate surface area is 171 Å². The van der Waals surface area contributed by atoms with Crippen LogP contribution in [-0.2, 0) is 6.54 Å². The second kappa shape index (κ2) is 8.26. The van der Waals surface area contributed by atoms with Crippen LogP contribution in [0.4, 0.5) is 0 Å². The SMILES string of the molecule is Cc1c(O)c2ccccc2c2c1s/c(=N/C1CCCCC1)n2CCCN(C)C. The molecule has 1 aliphatic carbocycles. The number of aromatic hydroxyl groups is 1. The topological polar surface area (TPSA) is 40.8 Å². The summed E-state index contributed by atoms with van der Waals surface area (Å²) < 4.78 is 3.60. The van der Waals surface area contributed by atoms with E-state index in [-0.39, 0.29) is 0 Å². The largest absolute Gasteiger partial charge is 0.507 e. The van der Waals surface area contributed by atoms with Gasteiger partial charge in [-0.05, 0) is 46.8 Å². The van der Waals surface area contributed by atoms with Gasteiger partial charge in [-0.2, -0.15) is 0 Å². The minimum Gasteiger partial charge on any atom is -0.507 e. The molecule has 0 amide bonds. The molecule has 3 aromatic rings. The smallest absolute Gasteiger partial charge is 0.186 e. The van der Waals surface area contributed by atoms with Crippen molar-refractivity contribution in [3.63, 3.8) is 0 Å². The summed E-state index contributed by atoms with van der Waals surface area (Å²) in [5, 5.41) is 12.9. The van der Waals surface area contributed by atoms with E-state index in [1.165, 1.54) is 42.3 Å². The number of phenolic OH excluding ortho intramolecular Hbond substituents is 1. The maximum atomic E-state index is 10.8. The van der Waals surface area contributed by atoms with Crippen molar-refractivity contribution in [1.82, 2.24) is 9.47 Å². The van der Waals surface area contributed by atoms with E-state index in [0.29, 0.717) is 11.8 Å². The molecule has 0 saturated heterocycles. The predicted octanol–water partition coefficient (Wildman–Crippen LogP) is 5.06. The molecule has 1 saturated carbocycles. The van der Waals surface area contributed by atoms with Crippen LogP contribution < -0.4 is 4.80 Å². The van der Waals surface area contributed by atoms with Crippen molar-refractivity contribution in [1.29, 1.82) is 0 Å². The van der Waals surface area contributed by atoms with Gasteiger partial charge >= 0.3 is 0 Å². The third kappa shape index (κ3) is 3.70. The number of aryl methyl sites for hydroxylation is 2. The molecule has 0 unspecified atom stereocenters. The lowest BCUT2D eigenvalue weighted by molar-refractivity contribution is 0.385. The molecule has 150 valence electrons. The zero-order chi connectivity index (χ0) is 19.7. The quantitative estimate of drug-likeness (QED) is 0.654. The Hall–Kier alpha value is -1.85. The van der Waals surface area contributed by atoms with Crippen LogP contribution in [0.3, 0.4) is 0 Å². The summed E-state index contributed by atoms with van der Waals surface area (Å²) in [5.41, 5.74) is 2.22. The molecule has 1 fully saturated rings. The highest BCUT2D eigenvalue weighted by Crippen LogP contribution is 2.38. The van der Waals surface area contributed by atoms with Gasteiger partial charge in [0.1, 0.15) is 5.75 Å². The van der Waals surface area contributed by atoms with E-state index in [1.54, 1.807) is 11.3 Å². The highest BCUT2D eigenvalue weighted by Gasteiger charge is 2.18. The van der Waals surface area contributed by atoms with Gasteiger partial charge < -0.3 is 14.6 Å². The minimum absolute atomic E-state index is 0.411. The van der Waals surface area contributed by atoms with Gasteiger partial charge in [-0.3, -0.25) is 4.99 Å².